The molecule has 1 aliphatic heterocycles. The first-order valence-electron chi connectivity index (χ1n) is 7.78. The number of hydrogen-bond acceptors (Lipinski definition) is 6. The van der Waals surface area contributed by atoms with E-state index in [2.05, 4.69) is 5.32 Å². The van der Waals surface area contributed by atoms with Crippen LogP contribution in [0.15, 0.2) is 6.07 Å². The third-order valence-corrected chi connectivity index (χ3v) is 7.07. The van der Waals surface area contributed by atoms with E-state index in [1.807, 2.05) is 6.92 Å². The number of aryl methyl sites for hydroxylation is 1. The first kappa shape index (κ1) is 18.8. The highest BCUT2D eigenvalue weighted by Gasteiger charge is 2.29. The van der Waals surface area contributed by atoms with Crippen LogP contribution in [0.1, 0.15) is 40.7 Å². The van der Waals surface area contributed by atoms with Gasteiger partial charge in [-0.3, -0.25) is 14.9 Å². The predicted molar refractivity (Wildman–Crippen MR) is 91.8 cm³/mol. The Bertz CT molecular complexity index is 721. The second kappa shape index (κ2) is 7.58. The van der Waals surface area contributed by atoms with Crippen molar-refractivity contribution in [2.24, 2.45) is 0 Å². The molecule has 0 aromatic carbocycles. The van der Waals surface area contributed by atoms with Crippen LogP contribution in [0.3, 0.4) is 0 Å². The molecule has 1 aromatic heterocycles. The van der Waals surface area contributed by atoms with E-state index in [0.29, 0.717) is 42.1 Å². The molecule has 0 spiro atoms. The number of rotatable bonds is 6. The predicted octanol–water partition coefficient (Wildman–Crippen LogP) is 1.90. The molecule has 2 rings (SSSR count). The maximum absolute atomic E-state index is 12.2. The molecule has 1 fully saturated rings. The van der Waals surface area contributed by atoms with Gasteiger partial charge < -0.3 is 5.32 Å². The van der Waals surface area contributed by atoms with Gasteiger partial charge in [-0.05, 0) is 26.2 Å². The number of nitrogens with one attached hydrogen (secondary N) is 1. The Labute approximate surface area is 145 Å². The van der Waals surface area contributed by atoms with Gasteiger partial charge in [0.1, 0.15) is 0 Å². The monoisotopic (exact) mass is 375 g/mol. The molecule has 1 N–H and O–H groups in total. The molecule has 134 valence electrons. The lowest BCUT2D eigenvalue weighted by Crippen LogP contribution is -2.46. The molecular formula is C14H21N3O5S2. The summed E-state index contributed by atoms with van der Waals surface area (Å²) in [5.41, 5.74) is -0.0503. The van der Waals surface area contributed by atoms with Gasteiger partial charge in [0.15, 0.2) is 0 Å². The lowest BCUT2D eigenvalue weighted by molar-refractivity contribution is -0.385. The van der Waals surface area contributed by atoms with Gasteiger partial charge in [-0.15, -0.1) is 11.3 Å². The fourth-order valence-electron chi connectivity index (χ4n) is 2.69. The maximum atomic E-state index is 12.2. The summed E-state index contributed by atoms with van der Waals surface area (Å²) in [7, 11) is -3.20. The fourth-order valence-corrected chi connectivity index (χ4v) is 5.12. The summed E-state index contributed by atoms with van der Waals surface area (Å²) in [6.45, 7) is 4.21. The van der Waals surface area contributed by atoms with Crippen LogP contribution in [0.5, 0.6) is 0 Å². The summed E-state index contributed by atoms with van der Waals surface area (Å²) in [4.78, 5) is 23.4. The fraction of sp³-hybridized carbons (Fsp3) is 0.643. The number of carbonyl (C=O) groups is 1. The van der Waals surface area contributed by atoms with Crippen LogP contribution in [0.4, 0.5) is 5.69 Å². The topological polar surface area (TPSA) is 110 Å². The van der Waals surface area contributed by atoms with Crippen molar-refractivity contribution in [2.45, 2.75) is 39.2 Å². The van der Waals surface area contributed by atoms with Crippen molar-refractivity contribution in [3.05, 3.63) is 25.9 Å². The Morgan fingerprint density at radius 2 is 2.08 bits per heavy atom. The van der Waals surface area contributed by atoms with Crippen molar-refractivity contribution in [2.75, 3.05) is 18.8 Å². The lowest BCUT2D eigenvalue weighted by Gasteiger charge is -2.31. The van der Waals surface area contributed by atoms with E-state index >= 15 is 0 Å². The highest BCUT2D eigenvalue weighted by atomic mass is 32.2. The number of piperidine rings is 1. The zero-order chi connectivity index (χ0) is 17.9. The minimum absolute atomic E-state index is 0.0503. The molecule has 1 amide bonds. The standard InChI is InChI=1S/C14H21N3O5S2/c1-3-8-24(21,22)16-6-4-11(5-7-16)15-14(18)13-9-12(17(19)20)10(2)23-13/h9,11H,3-8H2,1-2H3,(H,15,18). The van der Waals surface area contributed by atoms with Gasteiger partial charge >= 0.3 is 0 Å². The zero-order valence-electron chi connectivity index (χ0n) is 13.6. The van der Waals surface area contributed by atoms with Crippen LogP contribution in [0, 0.1) is 17.0 Å². The van der Waals surface area contributed by atoms with Crippen molar-refractivity contribution in [3.63, 3.8) is 0 Å². The first-order valence-corrected chi connectivity index (χ1v) is 10.2. The van der Waals surface area contributed by atoms with Crippen molar-refractivity contribution in [1.29, 1.82) is 0 Å². The Kier molecular flexibility index (Phi) is 5.94. The highest BCUT2D eigenvalue weighted by molar-refractivity contribution is 7.89. The minimum Gasteiger partial charge on any atom is -0.349 e. The van der Waals surface area contributed by atoms with Crippen LogP contribution in [0.2, 0.25) is 0 Å². The minimum atomic E-state index is -3.20. The number of thiophene rings is 1. The Hall–Kier alpha value is -1.52. The molecule has 24 heavy (non-hydrogen) atoms. The molecule has 1 aliphatic rings. The van der Waals surface area contributed by atoms with Crippen LogP contribution in [0.25, 0.3) is 0 Å². The van der Waals surface area contributed by atoms with E-state index in [0.717, 1.165) is 11.3 Å². The molecule has 0 atom stereocenters. The second-order valence-corrected chi connectivity index (χ2v) is 9.12. The Balaban J connectivity index is 1.93. The Morgan fingerprint density at radius 3 is 2.58 bits per heavy atom. The van der Waals surface area contributed by atoms with Crippen molar-refractivity contribution < 1.29 is 18.1 Å². The number of hydrogen-bond donors (Lipinski definition) is 1. The molecular weight excluding hydrogens is 354 g/mol. The van der Waals surface area contributed by atoms with Crippen LogP contribution in [-0.4, -0.2) is 48.4 Å². The summed E-state index contributed by atoms with van der Waals surface area (Å²) in [6, 6.07) is 1.17. The van der Waals surface area contributed by atoms with Crippen LogP contribution >= 0.6 is 11.3 Å². The molecule has 0 saturated carbocycles. The third-order valence-electron chi connectivity index (χ3n) is 3.96. The molecule has 0 aliphatic carbocycles. The molecule has 0 radical (unpaired) electrons. The van der Waals surface area contributed by atoms with E-state index < -0.39 is 14.9 Å². The summed E-state index contributed by atoms with van der Waals surface area (Å²) in [5, 5.41) is 13.7. The third kappa shape index (κ3) is 4.31. The van der Waals surface area contributed by atoms with Crippen molar-refractivity contribution in [1.82, 2.24) is 9.62 Å². The van der Waals surface area contributed by atoms with E-state index in [4.69, 9.17) is 0 Å². The number of nitro groups is 1. The summed E-state index contributed by atoms with van der Waals surface area (Å²) >= 11 is 1.09. The molecule has 1 aromatic rings. The zero-order valence-corrected chi connectivity index (χ0v) is 15.3. The normalized spacial score (nSPS) is 16.9. The van der Waals surface area contributed by atoms with E-state index in [-0.39, 0.29) is 23.4 Å². The lowest BCUT2D eigenvalue weighted by atomic mass is 10.1. The van der Waals surface area contributed by atoms with E-state index in [9.17, 15) is 23.3 Å². The van der Waals surface area contributed by atoms with Gasteiger partial charge in [0.05, 0.1) is 20.4 Å². The number of sulfonamides is 1. The molecule has 1 saturated heterocycles. The van der Waals surface area contributed by atoms with Crippen LogP contribution in [-0.2, 0) is 10.0 Å². The maximum Gasteiger partial charge on any atom is 0.283 e. The smallest absolute Gasteiger partial charge is 0.283 e. The summed E-state index contributed by atoms with van der Waals surface area (Å²) in [6.07, 6.45) is 1.66. The molecule has 0 unspecified atom stereocenters. The van der Waals surface area contributed by atoms with Gasteiger partial charge in [-0.1, -0.05) is 6.92 Å². The van der Waals surface area contributed by atoms with Gasteiger partial charge in [0, 0.05) is 25.2 Å². The van der Waals surface area contributed by atoms with Crippen LogP contribution < -0.4 is 5.32 Å². The van der Waals surface area contributed by atoms with Gasteiger partial charge in [-0.2, -0.15) is 0 Å². The molecule has 0 bridgehead atoms. The average molecular weight is 375 g/mol. The summed E-state index contributed by atoms with van der Waals surface area (Å²) in [5.74, 6) is -0.201. The number of carbonyl (C=O) groups excluding carboxylic acids is 1. The number of amides is 1. The van der Waals surface area contributed by atoms with Gasteiger partial charge in [0.2, 0.25) is 10.0 Å². The Morgan fingerprint density at radius 1 is 1.46 bits per heavy atom. The van der Waals surface area contributed by atoms with E-state index in [1.54, 1.807) is 6.92 Å². The van der Waals surface area contributed by atoms with Gasteiger partial charge in [-0.25, -0.2) is 12.7 Å². The van der Waals surface area contributed by atoms with Gasteiger partial charge in [0.25, 0.3) is 11.6 Å². The molecule has 10 heteroatoms. The SMILES string of the molecule is CCCS(=O)(=O)N1CCC(NC(=O)c2cc([N+](=O)[O-])c(C)s2)CC1. The quantitative estimate of drug-likeness (QED) is 0.603. The molecule has 2 heterocycles. The van der Waals surface area contributed by atoms with Crippen molar-refractivity contribution in [3.8, 4) is 0 Å². The summed E-state index contributed by atoms with van der Waals surface area (Å²) < 4.78 is 25.5. The highest BCUT2D eigenvalue weighted by Crippen LogP contribution is 2.28. The number of nitrogens with zero attached hydrogens (tertiary/aromatic N) is 2. The molecule has 8 nitrogen and oxygen atoms in total. The largest absolute Gasteiger partial charge is 0.349 e. The average Bonchev–Trinajstić information content (AvgIpc) is 2.90. The second-order valence-electron chi connectivity index (χ2n) is 5.77. The van der Waals surface area contributed by atoms with E-state index in [1.165, 1.54) is 10.4 Å². The van der Waals surface area contributed by atoms with Crippen molar-refractivity contribution >= 4 is 33.0 Å². The first-order chi connectivity index (χ1) is 11.2.